The van der Waals surface area contributed by atoms with Crippen LogP contribution in [0.3, 0.4) is 0 Å². The fourth-order valence-electron chi connectivity index (χ4n) is 9.59. The van der Waals surface area contributed by atoms with Gasteiger partial charge in [-0.2, -0.15) is 0 Å². The van der Waals surface area contributed by atoms with E-state index in [1.54, 1.807) is 12.4 Å². The Labute approximate surface area is 430 Å². The van der Waals surface area contributed by atoms with Crippen molar-refractivity contribution in [1.82, 2.24) is 68.8 Å². The third-order valence-corrected chi connectivity index (χ3v) is 14.4. The van der Waals surface area contributed by atoms with Gasteiger partial charge in [-0.05, 0) is 75.9 Å². The van der Waals surface area contributed by atoms with E-state index in [2.05, 4.69) is 49.1 Å². The van der Waals surface area contributed by atoms with E-state index < -0.39 is 0 Å². The molecule has 6 aromatic rings. The minimum absolute atomic E-state index is 0.234. The average Bonchev–Trinajstić information content (AvgIpc) is 4.35. The van der Waals surface area contributed by atoms with Crippen LogP contribution < -0.4 is 27.0 Å². The Kier molecular flexibility index (Phi) is 16.6. The van der Waals surface area contributed by atoms with Gasteiger partial charge in [0, 0.05) is 97.4 Å². The molecule has 0 unspecified atom stereocenters. The standard InChI is InChI=1S/C25H35N9O2.C18H21ClN8O.C6H14N2O/c1-17-19(15-27-25(26)28-17)22-30-23(33-9-13-36-14-10-33)21-24(31-22)34(16-18-4-5-18)20(29-21)3-2-6-32-7-11-35-12-8-32;1-10-12(8-21-18(20)22-10)14-24-15(26-4-6-28-7-5-26)13-16(25-14)27(17(19)23-13)9-11-2-3-11;7-1-2-8-3-5-9-6-4-8/h15,18H,2-14,16H2,1H3,(H2,26,27,28);8,11H,2-7,9H2,1H3,(H2,20,21,22);1-7H2. The molecule has 0 atom stereocenters. The fourth-order valence-corrected chi connectivity index (χ4v) is 9.82. The topological polar surface area (TPSA) is 267 Å². The minimum Gasteiger partial charge on any atom is -0.379 e. The van der Waals surface area contributed by atoms with Crippen molar-refractivity contribution in [3.8, 4) is 22.8 Å². The van der Waals surface area contributed by atoms with E-state index >= 15 is 0 Å². The summed E-state index contributed by atoms with van der Waals surface area (Å²) in [7, 11) is 0. The molecule has 0 spiro atoms. The highest BCUT2D eigenvalue weighted by atomic mass is 35.5. The molecule has 2 aliphatic carbocycles. The number of nitrogens with zero attached hydrogens (tertiary/aromatic N) is 16. The number of nitrogen functional groups attached to an aromatic ring is 2. The van der Waals surface area contributed by atoms with Crippen LogP contribution in [0, 0.1) is 25.7 Å². The van der Waals surface area contributed by atoms with Gasteiger partial charge in [0.05, 0.1) is 75.4 Å². The highest BCUT2D eigenvalue weighted by molar-refractivity contribution is 6.29. The number of rotatable bonds is 14. The van der Waals surface area contributed by atoms with Crippen LogP contribution in [-0.2, 0) is 38.5 Å². The molecule has 4 aliphatic heterocycles. The first-order valence-electron chi connectivity index (χ1n) is 26.0. The minimum atomic E-state index is 0.234. The number of fused-ring (bicyclic) bond motifs is 2. The second-order valence-electron chi connectivity index (χ2n) is 19.6. The van der Waals surface area contributed by atoms with Gasteiger partial charge in [-0.1, -0.05) is 0 Å². The molecule has 12 rings (SSSR count). The second-order valence-corrected chi connectivity index (χ2v) is 19.9. The van der Waals surface area contributed by atoms with Crippen LogP contribution in [0.1, 0.15) is 49.3 Å². The Hall–Kier alpha value is -5.53. The summed E-state index contributed by atoms with van der Waals surface area (Å²) >= 11 is 6.50. The molecule has 6 N–H and O–H groups in total. The zero-order valence-corrected chi connectivity index (χ0v) is 43.1. The first-order chi connectivity index (χ1) is 35.7. The van der Waals surface area contributed by atoms with Crippen LogP contribution in [0.5, 0.6) is 0 Å². The lowest BCUT2D eigenvalue weighted by Gasteiger charge is -2.28. The molecular formula is C49H70ClN19O4. The van der Waals surface area contributed by atoms with E-state index in [0.29, 0.717) is 55.2 Å². The highest BCUT2D eigenvalue weighted by Gasteiger charge is 2.30. The molecular weight excluding hydrogens is 954 g/mol. The third-order valence-electron chi connectivity index (χ3n) is 14.1. The number of anilines is 4. The van der Waals surface area contributed by atoms with Crippen molar-refractivity contribution in [2.45, 2.75) is 65.5 Å². The number of aryl methyl sites for hydroxylation is 3. The number of nitrogens with two attached hydrogens (primary N) is 3. The number of imidazole rings is 2. The summed E-state index contributed by atoms with van der Waals surface area (Å²) in [5.41, 5.74) is 23.2. The maximum atomic E-state index is 6.50. The molecule has 0 aromatic carbocycles. The molecule has 6 fully saturated rings. The lowest BCUT2D eigenvalue weighted by molar-refractivity contribution is 0.0374. The van der Waals surface area contributed by atoms with E-state index in [1.165, 1.54) is 25.7 Å². The normalized spacial score (nSPS) is 19.0. The SMILES string of the molecule is Cc1nc(N)ncc1-c1nc(N2CCOCC2)c2nc(CCCN3CCOCC3)n(CC3CC3)c2n1.Cc1nc(N)ncc1-c1nc(N2CCOCC2)c2nc(Cl)n(CC3CC3)c2n1.NCCN1CCOCC1. The highest BCUT2D eigenvalue weighted by Crippen LogP contribution is 2.37. The number of aromatic nitrogens is 12. The van der Waals surface area contributed by atoms with Gasteiger partial charge in [-0.15, -0.1) is 0 Å². The third kappa shape index (κ3) is 12.7. The summed E-state index contributed by atoms with van der Waals surface area (Å²) in [6.07, 6.45) is 10.4. The fraction of sp³-hybridized carbons (Fsp3) is 0.633. The van der Waals surface area contributed by atoms with Gasteiger partial charge in [0.15, 0.2) is 45.6 Å². The summed E-state index contributed by atoms with van der Waals surface area (Å²) in [6.45, 7) is 21.7. The summed E-state index contributed by atoms with van der Waals surface area (Å²) in [4.78, 5) is 55.8. The number of hydrogen-bond donors (Lipinski definition) is 3. The lowest BCUT2D eigenvalue weighted by atomic mass is 10.2. The predicted octanol–water partition coefficient (Wildman–Crippen LogP) is 3.04. The van der Waals surface area contributed by atoms with Crippen molar-refractivity contribution in [3.05, 3.63) is 34.9 Å². The van der Waals surface area contributed by atoms with Gasteiger partial charge in [0.25, 0.3) is 0 Å². The van der Waals surface area contributed by atoms with E-state index in [4.69, 9.17) is 72.7 Å². The molecule has 0 amide bonds. The van der Waals surface area contributed by atoms with E-state index in [-0.39, 0.29) is 11.9 Å². The molecule has 4 saturated heterocycles. The van der Waals surface area contributed by atoms with Crippen molar-refractivity contribution in [3.63, 3.8) is 0 Å². The van der Waals surface area contributed by atoms with Crippen LogP contribution in [0.4, 0.5) is 23.5 Å². The van der Waals surface area contributed by atoms with Gasteiger partial charge in [-0.25, -0.2) is 49.8 Å². The van der Waals surface area contributed by atoms with Crippen molar-refractivity contribution >= 4 is 57.5 Å². The van der Waals surface area contributed by atoms with Crippen molar-refractivity contribution in [2.24, 2.45) is 17.6 Å². The molecule has 392 valence electrons. The van der Waals surface area contributed by atoms with Crippen LogP contribution in [0.25, 0.3) is 45.1 Å². The Bertz CT molecular complexity index is 2800. The maximum Gasteiger partial charge on any atom is 0.220 e. The zero-order valence-electron chi connectivity index (χ0n) is 42.3. The van der Waals surface area contributed by atoms with Gasteiger partial charge in [-0.3, -0.25) is 14.4 Å². The van der Waals surface area contributed by atoms with Crippen LogP contribution in [0.2, 0.25) is 5.28 Å². The van der Waals surface area contributed by atoms with E-state index in [0.717, 1.165) is 187 Å². The molecule has 0 bridgehead atoms. The molecule has 10 heterocycles. The smallest absolute Gasteiger partial charge is 0.220 e. The van der Waals surface area contributed by atoms with Crippen LogP contribution >= 0.6 is 11.6 Å². The number of ether oxygens (including phenoxy) is 4. The van der Waals surface area contributed by atoms with Gasteiger partial charge >= 0.3 is 0 Å². The Balaban J connectivity index is 0.000000146. The average molecular weight is 1020 g/mol. The van der Waals surface area contributed by atoms with Crippen molar-refractivity contribution in [2.75, 3.05) is 146 Å². The second kappa shape index (κ2) is 23.8. The van der Waals surface area contributed by atoms with Crippen LogP contribution in [0.15, 0.2) is 12.4 Å². The summed E-state index contributed by atoms with van der Waals surface area (Å²) in [6, 6.07) is 0. The van der Waals surface area contributed by atoms with Crippen LogP contribution in [-0.4, -0.2) is 194 Å². The largest absolute Gasteiger partial charge is 0.379 e. The van der Waals surface area contributed by atoms with E-state index in [9.17, 15) is 0 Å². The van der Waals surface area contributed by atoms with Gasteiger partial charge < -0.3 is 50.5 Å². The Morgan fingerprint density at radius 3 is 1.45 bits per heavy atom. The first kappa shape index (κ1) is 51.0. The van der Waals surface area contributed by atoms with Gasteiger partial charge in [0.2, 0.25) is 17.2 Å². The van der Waals surface area contributed by atoms with E-state index in [1.807, 2.05) is 18.4 Å². The number of halogens is 1. The molecule has 2 saturated carbocycles. The predicted molar refractivity (Wildman–Crippen MR) is 279 cm³/mol. The summed E-state index contributed by atoms with van der Waals surface area (Å²) < 4.78 is 26.1. The Morgan fingerprint density at radius 2 is 0.986 bits per heavy atom. The van der Waals surface area contributed by atoms with Gasteiger partial charge in [0.1, 0.15) is 5.82 Å². The molecule has 73 heavy (non-hydrogen) atoms. The van der Waals surface area contributed by atoms with Crippen molar-refractivity contribution in [1.29, 1.82) is 0 Å². The maximum absolute atomic E-state index is 6.50. The first-order valence-corrected chi connectivity index (χ1v) is 26.4. The molecule has 6 aliphatic rings. The number of hydrogen-bond acceptors (Lipinski definition) is 21. The molecule has 24 heteroatoms. The number of morpholine rings is 4. The molecule has 6 aromatic heterocycles. The van der Waals surface area contributed by atoms with Crippen molar-refractivity contribution < 1.29 is 18.9 Å². The summed E-state index contributed by atoms with van der Waals surface area (Å²) in [5, 5.41) is 0.452. The Morgan fingerprint density at radius 1 is 0.548 bits per heavy atom. The monoisotopic (exact) mass is 1020 g/mol. The summed E-state index contributed by atoms with van der Waals surface area (Å²) in [5.74, 6) is 5.77. The molecule has 0 radical (unpaired) electrons. The quantitative estimate of drug-likeness (QED) is 0.132. The molecule has 23 nitrogen and oxygen atoms in total. The zero-order chi connectivity index (χ0) is 50.3. The lowest BCUT2D eigenvalue weighted by Crippen LogP contribution is -2.39.